The van der Waals surface area contributed by atoms with Gasteiger partial charge in [0.1, 0.15) is 0 Å². The normalized spacial score (nSPS) is 13.0. The summed E-state index contributed by atoms with van der Waals surface area (Å²) >= 11 is 0. The second kappa shape index (κ2) is 10.9. The number of rotatable bonds is 7. The summed E-state index contributed by atoms with van der Waals surface area (Å²) in [7, 11) is 5.98. The van der Waals surface area contributed by atoms with Gasteiger partial charge in [-0.2, -0.15) is 0 Å². The van der Waals surface area contributed by atoms with Crippen LogP contribution >= 0.6 is 24.0 Å². The summed E-state index contributed by atoms with van der Waals surface area (Å²) in [5.74, 6) is 0.940. The van der Waals surface area contributed by atoms with E-state index in [1.54, 1.807) is 0 Å². The van der Waals surface area contributed by atoms with E-state index in [1.165, 1.54) is 5.69 Å². The fourth-order valence-electron chi connectivity index (χ4n) is 2.58. The maximum absolute atomic E-state index is 4.38. The van der Waals surface area contributed by atoms with Gasteiger partial charge in [0.25, 0.3) is 0 Å². The van der Waals surface area contributed by atoms with Crippen LogP contribution in [0.2, 0.25) is 0 Å². The monoisotopic (exact) mass is 421 g/mol. The number of hydrogen-bond donors (Lipinski definition) is 1. The van der Waals surface area contributed by atoms with Crippen molar-refractivity contribution in [1.82, 2.24) is 19.7 Å². The Kier molecular flexibility index (Phi) is 10.5. The molecule has 0 aliphatic rings. The molecule has 6 heteroatoms. The first-order valence-electron chi connectivity index (χ1n) is 7.79. The molecule has 0 saturated heterocycles. The standard InChI is InChI=1S/C16H31N5.HI/c1-7-21(8-2)14(3)12-18-16(17-4)20(6)13-15-10-9-11-19(15)5;/h9-11,14H,7-8,12-13H2,1-6H3,(H,17,18);1H. The van der Waals surface area contributed by atoms with E-state index in [0.29, 0.717) is 6.04 Å². The number of aliphatic imine (C=N–C) groups is 1. The summed E-state index contributed by atoms with van der Waals surface area (Å²) in [4.78, 5) is 8.98. The first-order chi connectivity index (χ1) is 10.0. The molecule has 128 valence electrons. The summed E-state index contributed by atoms with van der Waals surface area (Å²) in [5.41, 5.74) is 1.28. The average Bonchev–Trinajstić information content (AvgIpc) is 2.86. The Morgan fingerprint density at radius 2 is 2.00 bits per heavy atom. The number of nitrogens with one attached hydrogen (secondary N) is 1. The molecule has 0 radical (unpaired) electrons. The number of hydrogen-bond acceptors (Lipinski definition) is 2. The van der Waals surface area contributed by atoms with Gasteiger partial charge in [-0.15, -0.1) is 24.0 Å². The Hall–Kier alpha value is -0.760. The molecule has 0 aromatic carbocycles. The van der Waals surface area contributed by atoms with E-state index in [4.69, 9.17) is 0 Å². The van der Waals surface area contributed by atoms with Crippen molar-refractivity contribution in [3.8, 4) is 0 Å². The third-order valence-electron chi connectivity index (χ3n) is 4.02. The molecule has 1 aromatic heterocycles. The van der Waals surface area contributed by atoms with Crippen molar-refractivity contribution in [1.29, 1.82) is 0 Å². The summed E-state index contributed by atoms with van der Waals surface area (Å²) in [5, 5.41) is 3.47. The molecule has 1 unspecified atom stereocenters. The molecule has 0 spiro atoms. The van der Waals surface area contributed by atoms with E-state index >= 15 is 0 Å². The van der Waals surface area contributed by atoms with Crippen molar-refractivity contribution in [3.05, 3.63) is 24.0 Å². The Morgan fingerprint density at radius 1 is 1.36 bits per heavy atom. The van der Waals surface area contributed by atoms with Crippen LogP contribution in [-0.2, 0) is 13.6 Å². The third-order valence-corrected chi connectivity index (χ3v) is 4.02. The number of nitrogens with zero attached hydrogens (tertiary/aromatic N) is 4. The van der Waals surface area contributed by atoms with Crippen LogP contribution in [0.15, 0.2) is 23.3 Å². The van der Waals surface area contributed by atoms with E-state index < -0.39 is 0 Å². The Labute approximate surface area is 152 Å². The molecule has 1 rings (SSSR count). The molecule has 1 aromatic rings. The SMILES string of the molecule is CCN(CC)C(C)CNC(=NC)N(C)Cc1cccn1C.I. The van der Waals surface area contributed by atoms with Gasteiger partial charge in [0.2, 0.25) is 0 Å². The minimum atomic E-state index is 0. The lowest BCUT2D eigenvalue weighted by molar-refractivity contribution is 0.230. The Morgan fingerprint density at radius 3 is 2.45 bits per heavy atom. The van der Waals surface area contributed by atoms with Crippen molar-refractivity contribution >= 4 is 29.9 Å². The van der Waals surface area contributed by atoms with E-state index in [9.17, 15) is 0 Å². The average molecular weight is 421 g/mol. The first-order valence-corrected chi connectivity index (χ1v) is 7.79. The fourth-order valence-corrected chi connectivity index (χ4v) is 2.58. The highest BCUT2D eigenvalue weighted by Gasteiger charge is 2.13. The van der Waals surface area contributed by atoms with Crippen molar-refractivity contribution in [2.24, 2.45) is 12.0 Å². The molecule has 0 fully saturated rings. The minimum Gasteiger partial charge on any atom is -0.355 e. The van der Waals surface area contributed by atoms with Crippen LogP contribution in [0.25, 0.3) is 0 Å². The zero-order valence-corrected chi connectivity index (χ0v) is 17.2. The van der Waals surface area contributed by atoms with Gasteiger partial charge in [-0.25, -0.2) is 0 Å². The quantitative estimate of drug-likeness (QED) is 0.417. The topological polar surface area (TPSA) is 35.8 Å². The smallest absolute Gasteiger partial charge is 0.193 e. The van der Waals surface area contributed by atoms with E-state index in [-0.39, 0.29) is 24.0 Å². The molecule has 0 saturated carbocycles. The molecule has 0 bridgehead atoms. The highest BCUT2D eigenvalue weighted by Crippen LogP contribution is 2.04. The van der Waals surface area contributed by atoms with Crippen LogP contribution in [-0.4, -0.2) is 60.1 Å². The number of aromatic nitrogens is 1. The van der Waals surface area contributed by atoms with Crippen LogP contribution in [0.4, 0.5) is 0 Å². The van der Waals surface area contributed by atoms with Gasteiger partial charge in [-0.3, -0.25) is 9.89 Å². The van der Waals surface area contributed by atoms with Gasteiger partial charge in [0.15, 0.2) is 5.96 Å². The van der Waals surface area contributed by atoms with E-state index in [1.807, 2.05) is 7.05 Å². The van der Waals surface area contributed by atoms with Crippen LogP contribution in [0, 0.1) is 0 Å². The van der Waals surface area contributed by atoms with Crippen molar-refractivity contribution in [3.63, 3.8) is 0 Å². The highest BCUT2D eigenvalue weighted by molar-refractivity contribution is 14.0. The molecule has 1 heterocycles. The first kappa shape index (κ1) is 21.2. The summed E-state index contributed by atoms with van der Waals surface area (Å²) in [6.45, 7) is 10.6. The molecule has 1 atom stereocenters. The van der Waals surface area contributed by atoms with Crippen molar-refractivity contribution in [2.75, 3.05) is 33.7 Å². The maximum atomic E-state index is 4.38. The van der Waals surface area contributed by atoms with Gasteiger partial charge in [-0.05, 0) is 32.1 Å². The lowest BCUT2D eigenvalue weighted by Crippen LogP contribution is -2.46. The Balaban J connectivity index is 0.00000441. The molecular formula is C16H32IN5. The fraction of sp³-hybridized carbons (Fsp3) is 0.688. The predicted molar refractivity (Wildman–Crippen MR) is 106 cm³/mol. The molecular weight excluding hydrogens is 389 g/mol. The maximum Gasteiger partial charge on any atom is 0.193 e. The third kappa shape index (κ3) is 6.16. The van der Waals surface area contributed by atoms with E-state index in [2.05, 4.69) is 77.9 Å². The van der Waals surface area contributed by atoms with Gasteiger partial charge in [0.05, 0.1) is 6.54 Å². The molecule has 5 nitrogen and oxygen atoms in total. The second-order valence-electron chi connectivity index (χ2n) is 5.46. The van der Waals surface area contributed by atoms with Crippen LogP contribution in [0.5, 0.6) is 0 Å². The number of aryl methyl sites for hydroxylation is 1. The summed E-state index contributed by atoms with van der Waals surface area (Å²) in [6, 6.07) is 4.71. The largest absolute Gasteiger partial charge is 0.355 e. The minimum absolute atomic E-state index is 0. The Bertz CT molecular complexity index is 439. The molecule has 22 heavy (non-hydrogen) atoms. The van der Waals surface area contributed by atoms with Crippen molar-refractivity contribution < 1.29 is 0 Å². The zero-order chi connectivity index (χ0) is 15.8. The lowest BCUT2D eigenvalue weighted by Gasteiger charge is -2.29. The molecule has 0 aliphatic heterocycles. The number of guanidine groups is 1. The van der Waals surface area contributed by atoms with Crippen LogP contribution < -0.4 is 5.32 Å². The predicted octanol–water partition coefficient (Wildman–Crippen LogP) is 2.38. The molecule has 1 N–H and O–H groups in total. The van der Waals surface area contributed by atoms with E-state index in [0.717, 1.165) is 32.1 Å². The molecule has 0 aliphatic carbocycles. The second-order valence-corrected chi connectivity index (χ2v) is 5.46. The zero-order valence-electron chi connectivity index (χ0n) is 14.8. The number of likely N-dealkylation sites (N-methyl/N-ethyl adjacent to an activating group) is 1. The molecule has 0 amide bonds. The van der Waals surface area contributed by atoms with Gasteiger partial charge in [-0.1, -0.05) is 13.8 Å². The van der Waals surface area contributed by atoms with Crippen LogP contribution in [0.3, 0.4) is 0 Å². The van der Waals surface area contributed by atoms with Crippen LogP contribution in [0.1, 0.15) is 26.5 Å². The van der Waals surface area contributed by atoms with Gasteiger partial charge < -0.3 is 14.8 Å². The van der Waals surface area contributed by atoms with Gasteiger partial charge in [0, 0.05) is 45.6 Å². The van der Waals surface area contributed by atoms with Crippen molar-refractivity contribution in [2.45, 2.75) is 33.4 Å². The summed E-state index contributed by atoms with van der Waals surface area (Å²) in [6.07, 6.45) is 2.07. The summed E-state index contributed by atoms with van der Waals surface area (Å²) < 4.78 is 2.14. The lowest BCUT2D eigenvalue weighted by atomic mass is 10.3. The number of halogens is 1. The highest BCUT2D eigenvalue weighted by atomic mass is 127. The van der Waals surface area contributed by atoms with Gasteiger partial charge >= 0.3 is 0 Å².